The van der Waals surface area contributed by atoms with Crippen LogP contribution >= 0.6 is 0 Å². The second kappa shape index (κ2) is 59.4. The second-order valence-electron chi connectivity index (χ2n) is 4.60. The summed E-state index contributed by atoms with van der Waals surface area (Å²) in [7, 11) is 1.56. The molecule has 2 aliphatic rings. The summed E-state index contributed by atoms with van der Waals surface area (Å²) in [5, 5.41) is 17.9. The van der Waals surface area contributed by atoms with Crippen molar-refractivity contribution < 1.29 is 86.5 Å². The average Bonchev–Trinajstić information content (AvgIpc) is 3.53. The van der Waals surface area contributed by atoms with Crippen molar-refractivity contribution in [1.82, 2.24) is 0 Å². The third-order valence-electron chi connectivity index (χ3n) is 3.18. The molecule has 0 amide bonds. The first-order valence-corrected chi connectivity index (χ1v) is 8.12. The summed E-state index contributed by atoms with van der Waals surface area (Å²) in [5.41, 5.74) is 1.67. The van der Waals surface area contributed by atoms with Gasteiger partial charge in [0.05, 0.1) is 12.7 Å². The maximum absolute atomic E-state index is 9.13. The van der Waals surface area contributed by atoms with E-state index >= 15 is 0 Å². The molecule has 210 valence electrons. The monoisotopic (exact) mass is 606 g/mol. The number of hydrogen-bond donors (Lipinski definition) is 2. The van der Waals surface area contributed by atoms with Gasteiger partial charge in [0.1, 0.15) is 6.10 Å². The molecule has 13 heteroatoms. The number of hydrogen-bond acceptors (Lipinski definition) is 5. The Morgan fingerprint density at radius 2 is 1.16 bits per heavy atom. The summed E-state index contributed by atoms with van der Waals surface area (Å²) in [6, 6.07) is 0. The van der Waals surface area contributed by atoms with Crippen LogP contribution in [0.5, 0.6) is 0 Å². The Morgan fingerprint density at radius 1 is 0.811 bits per heavy atom. The van der Waals surface area contributed by atoms with Crippen LogP contribution in [0.2, 0.25) is 0 Å². The van der Waals surface area contributed by atoms with Gasteiger partial charge in [0, 0.05) is 52.4 Å². The minimum Gasteiger partial charge on any atom is -0.358 e. The van der Waals surface area contributed by atoms with Gasteiger partial charge in [0.2, 0.25) is 0 Å². The molecule has 4 atom stereocenters. The van der Waals surface area contributed by atoms with Crippen LogP contribution < -0.4 is 0 Å². The Kier molecular flexibility index (Phi) is 104. The number of aliphatic hydroxyl groups excluding tert-OH is 2. The zero-order valence-corrected chi connectivity index (χ0v) is 22.9. The molecular formula is C24H30Fe2O11-2. The fourth-order valence-electron chi connectivity index (χ4n) is 1.98. The molecule has 0 radical (unpaired) electrons. The van der Waals surface area contributed by atoms with Crippen LogP contribution in [0.1, 0.15) is 13.3 Å². The van der Waals surface area contributed by atoms with Crippen molar-refractivity contribution >= 4 is 0 Å². The van der Waals surface area contributed by atoms with Crippen molar-refractivity contribution in [2.75, 3.05) is 13.7 Å². The van der Waals surface area contributed by atoms with Gasteiger partial charge in [-0.2, -0.15) is 0 Å². The predicted octanol–water partition coefficient (Wildman–Crippen LogP) is 2.36. The van der Waals surface area contributed by atoms with Gasteiger partial charge >= 0.3 is 67.8 Å². The molecule has 2 N–H and O–H groups in total. The van der Waals surface area contributed by atoms with E-state index in [1.165, 1.54) is 0 Å². The molecule has 0 aliphatic carbocycles. The topological polar surface area (TPSA) is 188 Å². The van der Waals surface area contributed by atoms with Crippen LogP contribution in [0.15, 0.2) is 48.6 Å². The third kappa shape index (κ3) is 34.2. The number of methoxy groups -OCH3 is 1. The first kappa shape index (κ1) is 64.9. The molecule has 0 aromatic carbocycles. The van der Waals surface area contributed by atoms with Crippen molar-refractivity contribution in [2.24, 2.45) is 0 Å². The van der Waals surface area contributed by atoms with Gasteiger partial charge in [-0.3, -0.25) is 0 Å². The van der Waals surface area contributed by atoms with Gasteiger partial charge in [-0.1, -0.05) is 32.2 Å². The van der Waals surface area contributed by atoms with E-state index in [1.807, 2.05) is 13.0 Å². The summed E-state index contributed by atoms with van der Waals surface area (Å²) in [5.74, 6) is 0. The first-order valence-electron chi connectivity index (χ1n) is 8.12. The van der Waals surface area contributed by atoms with Crippen LogP contribution in [-0.4, -0.2) is 48.7 Å². The van der Waals surface area contributed by atoms with Gasteiger partial charge in [0.25, 0.3) is 0 Å². The van der Waals surface area contributed by atoms with Crippen LogP contribution in [0, 0.1) is 54.8 Å². The van der Waals surface area contributed by atoms with Crippen LogP contribution in [-0.2, 0) is 76.3 Å². The molecule has 0 aromatic heterocycles. The Balaban J connectivity index is -0.0000000326. The average molecular weight is 606 g/mol. The maximum Gasteiger partial charge on any atom is 0 e. The van der Waals surface area contributed by atoms with Gasteiger partial charge in [0.15, 0.2) is 12.6 Å². The van der Waals surface area contributed by atoms with Crippen molar-refractivity contribution in [1.29, 1.82) is 0 Å². The summed E-state index contributed by atoms with van der Waals surface area (Å²) >= 11 is 0. The molecule has 0 bridgehead atoms. The number of ether oxygens (including phenoxy) is 3. The molecule has 0 spiro atoms. The Morgan fingerprint density at radius 3 is 1.35 bits per heavy atom. The zero-order chi connectivity index (χ0) is 27.8. The van der Waals surface area contributed by atoms with E-state index in [1.54, 1.807) is 25.3 Å². The maximum atomic E-state index is 9.13. The fraction of sp³-hybridized carbons (Fsp3) is 0.333. The van der Waals surface area contributed by atoms with Crippen LogP contribution in [0.4, 0.5) is 0 Å². The summed E-state index contributed by atoms with van der Waals surface area (Å²) in [6.45, 7) is 36.2. The number of aliphatic hydroxyl groups is 2. The Hall–Kier alpha value is -1.76. The molecule has 1 unspecified atom stereocenters. The molecule has 2 heterocycles. The minimum atomic E-state index is -0.748. The van der Waals surface area contributed by atoms with Crippen molar-refractivity contribution in [3.63, 3.8) is 0 Å². The van der Waals surface area contributed by atoms with Gasteiger partial charge in [-0.05, 0) is 18.6 Å². The predicted molar refractivity (Wildman–Crippen MR) is 117 cm³/mol. The molecule has 0 saturated heterocycles. The molecular weight excluding hydrogens is 576 g/mol. The van der Waals surface area contributed by atoms with Crippen LogP contribution in [0.25, 0.3) is 0 Å². The molecule has 37 heavy (non-hydrogen) atoms. The van der Waals surface area contributed by atoms with Gasteiger partial charge in [-0.15, -0.1) is 0 Å². The fourth-order valence-corrected chi connectivity index (χ4v) is 1.98. The quantitative estimate of drug-likeness (QED) is 0.276. The largest absolute Gasteiger partial charge is 0.358 e. The number of rotatable bonds is 5. The van der Waals surface area contributed by atoms with E-state index in [0.29, 0.717) is 0 Å². The molecule has 2 aliphatic heterocycles. The van der Waals surface area contributed by atoms with Crippen molar-refractivity contribution in [2.45, 2.75) is 38.1 Å². The van der Waals surface area contributed by atoms with Crippen molar-refractivity contribution in [3.8, 4) is 0 Å². The Labute approximate surface area is 241 Å². The Bertz CT molecular complexity index is 617. The van der Waals surface area contributed by atoms with E-state index in [9.17, 15) is 0 Å². The second-order valence-corrected chi connectivity index (χ2v) is 4.60. The molecule has 0 aromatic rings. The van der Waals surface area contributed by atoms with Gasteiger partial charge in [-0.25, -0.2) is 0 Å². The van der Waals surface area contributed by atoms with Gasteiger partial charge < -0.3 is 39.3 Å². The van der Waals surface area contributed by atoms with E-state index in [-0.39, 0.29) is 74.1 Å². The third-order valence-corrected chi connectivity index (χ3v) is 3.18. The van der Waals surface area contributed by atoms with Crippen LogP contribution in [0.3, 0.4) is 0 Å². The van der Waals surface area contributed by atoms with E-state index in [0.717, 1.165) is 17.6 Å². The van der Waals surface area contributed by atoms with E-state index in [2.05, 4.69) is 53.1 Å². The first-order chi connectivity index (χ1) is 16.1. The summed E-state index contributed by atoms with van der Waals surface area (Å²) in [4.78, 5) is 0. The zero-order valence-electron chi connectivity index (χ0n) is 20.7. The molecule has 0 saturated carbocycles. The summed E-state index contributed by atoms with van der Waals surface area (Å²) in [6.07, 6.45) is 6.63. The normalized spacial score (nSPS) is 17.9. The van der Waals surface area contributed by atoms with Crippen molar-refractivity contribution in [3.05, 3.63) is 103 Å². The standard InChI is InChI=1S/C8H12O3.C8H12O2.6CO.2CH3.2Fe/c1-3-6-4-7(5-9)11-8(6)10-2;1-3-6-5-7(4-2)10-8(6)9;6*1-2;;;;/h3-4,7-9H,1,5H2,2H3;3,5,7-9H,1,4H2,2H3;;;;;;;2*1H3;;/q;;;;;;;;2*-1;;/t7-,8+;7-,8?;;;;;;;;;;/m01........../s1. The smallest absolute Gasteiger partial charge is 0 e. The van der Waals surface area contributed by atoms with E-state index in [4.69, 9.17) is 52.3 Å². The molecule has 2 rings (SSSR count). The SMILES string of the molecule is C=CC1=C[C@@H](CC)OC1O.C=CC1=C[C@@H](CO)O[C@H]1OC.[C-]#[O+].[C-]#[O+].[C-]#[O+].[C-]#[O+].[C-]#[O+].[C-]#[O+].[CH3-].[CH3-].[Fe].[Fe]. The molecule has 11 nitrogen and oxygen atoms in total. The minimum absolute atomic E-state index is 0. The van der Waals surface area contributed by atoms with E-state index < -0.39 is 6.29 Å². The molecule has 0 fully saturated rings. The summed E-state index contributed by atoms with van der Waals surface area (Å²) < 4.78 is 60.3.